The molecule has 0 aliphatic carbocycles. The maximum Gasteiger partial charge on any atom is 0.153 e. The van der Waals surface area contributed by atoms with Gasteiger partial charge in [0.2, 0.25) is 0 Å². The molecule has 0 fully saturated rings. The van der Waals surface area contributed by atoms with Gasteiger partial charge in [-0.05, 0) is 24.3 Å². The van der Waals surface area contributed by atoms with Crippen LogP contribution in [0.1, 0.15) is 0 Å². The molecule has 3 heteroatoms. The smallest absolute Gasteiger partial charge is 0.153 e. The second-order valence-corrected chi connectivity index (χ2v) is 3.44. The molecular formula is C12H10N2O. The van der Waals surface area contributed by atoms with Crippen LogP contribution in [-0.4, -0.2) is 0 Å². The Bertz CT molecular complexity index is 523. The van der Waals surface area contributed by atoms with Crippen LogP contribution in [0.2, 0.25) is 0 Å². The van der Waals surface area contributed by atoms with Crippen LogP contribution in [0.15, 0.2) is 42.5 Å². The molecule has 0 spiro atoms. The predicted molar refractivity (Wildman–Crippen MR) is 60.7 cm³/mol. The van der Waals surface area contributed by atoms with Crippen LogP contribution in [0.25, 0.3) is 0 Å². The molecule has 0 atom stereocenters. The normalized spacial score (nSPS) is 12.0. The van der Waals surface area contributed by atoms with Gasteiger partial charge < -0.3 is 15.8 Å². The van der Waals surface area contributed by atoms with E-state index in [9.17, 15) is 0 Å². The molecule has 15 heavy (non-hydrogen) atoms. The topological polar surface area (TPSA) is 47.3 Å². The van der Waals surface area contributed by atoms with Crippen molar-refractivity contribution in [2.24, 2.45) is 0 Å². The Kier molecular flexibility index (Phi) is 1.59. The molecule has 0 bridgehead atoms. The Morgan fingerprint density at radius 3 is 2.67 bits per heavy atom. The minimum Gasteiger partial charge on any atom is -0.453 e. The van der Waals surface area contributed by atoms with Gasteiger partial charge in [-0.3, -0.25) is 0 Å². The van der Waals surface area contributed by atoms with E-state index in [2.05, 4.69) is 5.32 Å². The van der Waals surface area contributed by atoms with Gasteiger partial charge in [0.05, 0.1) is 11.4 Å². The molecule has 1 aliphatic heterocycles. The third kappa shape index (κ3) is 1.21. The SMILES string of the molecule is Nc1cccc2c1Nc1ccccc1O2. The minimum atomic E-state index is 0.696. The third-order valence-corrected chi connectivity index (χ3v) is 2.43. The van der Waals surface area contributed by atoms with E-state index in [1.165, 1.54) is 0 Å². The van der Waals surface area contributed by atoms with E-state index in [0.717, 1.165) is 22.9 Å². The Labute approximate surface area is 87.5 Å². The number of hydrogen-bond donors (Lipinski definition) is 2. The molecule has 3 rings (SSSR count). The number of nitrogens with two attached hydrogens (primary N) is 1. The first-order valence-electron chi connectivity index (χ1n) is 4.77. The fourth-order valence-corrected chi connectivity index (χ4v) is 1.68. The van der Waals surface area contributed by atoms with E-state index in [-0.39, 0.29) is 0 Å². The molecule has 2 aromatic rings. The van der Waals surface area contributed by atoms with Crippen molar-refractivity contribution in [3.8, 4) is 11.5 Å². The summed E-state index contributed by atoms with van der Waals surface area (Å²) in [7, 11) is 0. The quantitative estimate of drug-likeness (QED) is 0.545. The lowest BCUT2D eigenvalue weighted by atomic mass is 10.2. The van der Waals surface area contributed by atoms with Crippen LogP contribution in [0, 0.1) is 0 Å². The predicted octanol–water partition coefficient (Wildman–Crippen LogP) is 3.12. The fraction of sp³-hybridized carbons (Fsp3) is 0. The van der Waals surface area contributed by atoms with Crippen molar-refractivity contribution < 1.29 is 4.74 Å². The summed E-state index contributed by atoms with van der Waals surface area (Å²) in [5.74, 6) is 1.60. The maximum atomic E-state index is 5.86. The second-order valence-electron chi connectivity index (χ2n) is 3.44. The monoisotopic (exact) mass is 198 g/mol. The van der Waals surface area contributed by atoms with Crippen molar-refractivity contribution in [3.63, 3.8) is 0 Å². The van der Waals surface area contributed by atoms with Gasteiger partial charge in [-0.2, -0.15) is 0 Å². The summed E-state index contributed by atoms with van der Waals surface area (Å²) >= 11 is 0. The minimum absolute atomic E-state index is 0.696. The van der Waals surface area contributed by atoms with Crippen LogP contribution in [-0.2, 0) is 0 Å². The zero-order valence-electron chi connectivity index (χ0n) is 8.03. The van der Waals surface area contributed by atoms with Gasteiger partial charge in [0.1, 0.15) is 5.69 Å². The fourth-order valence-electron chi connectivity index (χ4n) is 1.68. The number of fused-ring (bicyclic) bond motifs is 2. The summed E-state index contributed by atoms with van der Waals surface area (Å²) in [5.41, 5.74) is 8.34. The molecule has 0 aromatic heterocycles. The molecule has 0 unspecified atom stereocenters. The molecule has 0 radical (unpaired) electrons. The number of ether oxygens (including phenoxy) is 1. The first-order chi connectivity index (χ1) is 7.34. The van der Waals surface area contributed by atoms with Crippen molar-refractivity contribution in [2.75, 3.05) is 11.1 Å². The molecule has 0 saturated carbocycles. The number of anilines is 3. The van der Waals surface area contributed by atoms with E-state index in [1.54, 1.807) is 0 Å². The maximum absolute atomic E-state index is 5.86. The molecule has 3 N–H and O–H groups in total. The lowest BCUT2D eigenvalue weighted by Gasteiger charge is -2.22. The van der Waals surface area contributed by atoms with Crippen molar-refractivity contribution in [1.82, 2.24) is 0 Å². The lowest BCUT2D eigenvalue weighted by Crippen LogP contribution is -2.04. The lowest BCUT2D eigenvalue weighted by molar-refractivity contribution is 0.481. The van der Waals surface area contributed by atoms with Gasteiger partial charge in [-0.15, -0.1) is 0 Å². The average molecular weight is 198 g/mol. The van der Waals surface area contributed by atoms with Crippen LogP contribution < -0.4 is 15.8 Å². The van der Waals surface area contributed by atoms with Crippen LogP contribution in [0.4, 0.5) is 17.1 Å². The third-order valence-electron chi connectivity index (χ3n) is 2.43. The summed E-state index contributed by atoms with van der Waals surface area (Å²) in [5, 5.41) is 3.26. The van der Waals surface area contributed by atoms with Crippen molar-refractivity contribution in [3.05, 3.63) is 42.5 Å². The summed E-state index contributed by atoms with van der Waals surface area (Å²) in [6.07, 6.45) is 0. The van der Waals surface area contributed by atoms with Gasteiger partial charge in [-0.1, -0.05) is 18.2 Å². The van der Waals surface area contributed by atoms with E-state index in [0.29, 0.717) is 5.69 Å². The van der Waals surface area contributed by atoms with Gasteiger partial charge in [0.25, 0.3) is 0 Å². The molecule has 1 aliphatic rings. The van der Waals surface area contributed by atoms with Crippen LogP contribution in [0.5, 0.6) is 11.5 Å². The highest BCUT2D eigenvalue weighted by Gasteiger charge is 2.16. The van der Waals surface area contributed by atoms with Gasteiger partial charge in [0.15, 0.2) is 11.5 Å². The number of hydrogen-bond acceptors (Lipinski definition) is 3. The Morgan fingerprint density at radius 2 is 1.73 bits per heavy atom. The molecule has 2 aromatic carbocycles. The molecule has 0 saturated heterocycles. The highest BCUT2D eigenvalue weighted by Crippen LogP contribution is 2.43. The van der Waals surface area contributed by atoms with Gasteiger partial charge >= 0.3 is 0 Å². The van der Waals surface area contributed by atoms with E-state index < -0.39 is 0 Å². The van der Waals surface area contributed by atoms with Crippen molar-refractivity contribution >= 4 is 17.1 Å². The van der Waals surface area contributed by atoms with Gasteiger partial charge in [0, 0.05) is 0 Å². The van der Waals surface area contributed by atoms with Gasteiger partial charge in [-0.25, -0.2) is 0 Å². The molecule has 0 amide bonds. The summed E-state index contributed by atoms with van der Waals surface area (Å²) in [6.45, 7) is 0. The van der Waals surface area contributed by atoms with Crippen molar-refractivity contribution in [1.29, 1.82) is 0 Å². The summed E-state index contributed by atoms with van der Waals surface area (Å²) < 4.78 is 5.72. The zero-order valence-corrected chi connectivity index (χ0v) is 8.03. The number of rotatable bonds is 0. The summed E-state index contributed by atoms with van der Waals surface area (Å²) in [6, 6.07) is 13.4. The van der Waals surface area contributed by atoms with E-state index in [4.69, 9.17) is 10.5 Å². The first kappa shape index (κ1) is 8.17. The highest BCUT2D eigenvalue weighted by molar-refractivity contribution is 5.83. The van der Waals surface area contributed by atoms with Crippen molar-refractivity contribution in [2.45, 2.75) is 0 Å². The average Bonchev–Trinajstić information content (AvgIpc) is 2.27. The van der Waals surface area contributed by atoms with E-state index in [1.807, 2.05) is 42.5 Å². The number of benzene rings is 2. The summed E-state index contributed by atoms with van der Waals surface area (Å²) in [4.78, 5) is 0. The van der Waals surface area contributed by atoms with Crippen LogP contribution >= 0.6 is 0 Å². The zero-order chi connectivity index (χ0) is 10.3. The largest absolute Gasteiger partial charge is 0.453 e. The number of para-hydroxylation sites is 3. The standard InChI is InChI=1S/C12H10N2O/c13-8-4-3-7-11-12(8)14-9-5-1-2-6-10(9)15-11/h1-7,14H,13H2. The molecule has 1 heterocycles. The molecule has 3 nitrogen and oxygen atoms in total. The number of nitrogen functional groups attached to an aromatic ring is 1. The molecular weight excluding hydrogens is 188 g/mol. The van der Waals surface area contributed by atoms with E-state index >= 15 is 0 Å². The Balaban J connectivity index is 2.15. The highest BCUT2D eigenvalue weighted by atomic mass is 16.5. The second kappa shape index (κ2) is 2.92. The Hall–Kier alpha value is -2.16. The molecule has 74 valence electrons. The first-order valence-corrected chi connectivity index (χ1v) is 4.77. The Morgan fingerprint density at radius 1 is 0.933 bits per heavy atom. The van der Waals surface area contributed by atoms with Crippen LogP contribution in [0.3, 0.4) is 0 Å². The number of nitrogens with one attached hydrogen (secondary N) is 1.